The van der Waals surface area contributed by atoms with E-state index in [1.807, 2.05) is 0 Å². The summed E-state index contributed by atoms with van der Waals surface area (Å²) < 4.78 is 49.8. The van der Waals surface area contributed by atoms with Gasteiger partial charge in [0.2, 0.25) is 0 Å². The van der Waals surface area contributed by atoms with Crippen molar-refractivity contribution in [1.29, 1.82) is 0 Å². The van der Waals surface area contributed by atoms with E-state index in [1.165, 1.54) is 19.0 Å². The number of nitrogens with zero attached hydrogens (tertiary/aromatic N) is 1. The summed E-state index contributed by atoms with van der Waals surface area (Å²) in [7, 11) is 2.95. The number of halogens is 4. The summed E-state index contributed by atoms with van der Waals surface area (Å²) in [6.07, 6.45) is -7.37. The molecule has 0 saturated heterocycles. The van der Waals surface area contributed by atoms with Gasteiger partial charge in [0.05, 0.1) is 0 Å². The maximum Gasteiger partial charge on any atom is 0.418 e. The summed E-state index contributed by atoms with van der Waals surface area (Å²) in [6.45, 7) is 0. The predicted molar refractivity (Wildman–Crippen MR) is 51.7 cm³/mol. The molecule has 1 N–H and O–H groups in total. The van der Waals surface area contributed by atoms with Crippen LogP contribution in [0.1, 0.15) is 11.7 Å². The van der Waals surface area contributed by atoms with Crippen LogP contribution in [0.5, 0.6) is 0 Å². The topological polar surface area (TPSA) is 23.5 Å². The first-order valence-corrected chi connectivity index (χ1v) is 4.45. The second-order valence-electron chi connectivity index (χ2n) is 3.54. The zero-order valence-electron chi connectivity index (χ0n) is 8.72. The van der Waals surface area contributed by atoms with Crippen molar-refractivity contribution in [3.05, 3.63) is 29.6 Å². The zero-order chi connectivity index (χ0) is 12.5. The number of aliphatic hydroxyl groups is 1. The van der Waals surface area contributed by atoms with Gasteiger partial charge in [0.1, 0.15) is 5.82 Å². The number of hydrogen-bond donors (Lipinski definition) is 1. The van der Waals surface area contributed by atoms with Crippen molar-refractivity contribution < 1.29 is 22.7 Å². The number of alkyl halides is 3. The maximum atomic E-state index is 12.9. The minimum Gasteiger partial charge on any atom is -0.379 e. The quantitative estimate of drug-likeness (QED) is 0.799. The van der Waals surface area contributed by atoms with Crippen molar-refractivity contribution in [2.75, 3.05) is 19.0 Å². The van der Waals surface area contributed by atoms with E-state index < -0.39 is 18.1 Å². The van der Waals surface area contributed by atoms with Gasteiger partial charge >= 0.3 is 6.18 Å². The predicted octanol–water partition coefficient (Wildman–Crippen LogP) is 2.49. The highest BCUT2D eigenvalue weighted by atomic mass is 19.4. The van der Waals surface area contributed by atoms with E-state index in [2.05, 4.69) is 0 Å². The molecule has 90 valence electrons. The van der Waals surface area contributed by atoms with Crippen molar-refractivity contribution in [3.63, 3.8) is 0 Å². The van der Waals surface area contributed by atoms with Gasteiger partial charge < -0.3 is 10.0 Å². The number of rotatable bonds is 2. The molecule has 1 rings (SSSR count). The highest BCUT2D eigenvalue weighted by Gasteiger charge is 2.40. The monoisotopic (exact) mass is 237 g/mol. The fourth-order valence-corrected chi connectivity index (χ4v) is 1.31. The maximum absolute atomic E-state index is 12.9. The van der Waals surface area contributed by atoms with Gasteiger partial charge in [-0.25, -0.2) is 4.39 Å². The van der Waals surface area contributed by atoms with Crippen molar-refractivity contribution in [2.24, 2.45) is 0 Å². The van der Waals surface area contributed by atoms with E-state index in [4.69, 9.17) is 5.11 Å². The summed E-state index contributed by atoms with van der Waals surface area (Å²) in [5.41, 5.74) is -0.358. The van der Waals surface area contributed by atoms with Gasteiger partial charge in [-0.2, -0.15) is 13.2 Å². The molecular formula is C10H11F4NO. The Balaban J connectivity index is 3.23. The molecule has 1 aromatic carbocycles. The van der Waals surface area contributed by atoms with Gasteiger partial charge in [0, 0.05) is 25.3 Å². The second kappa shape index (κ2) is 4.29. The Morgan fingerprint density at radius 1 is 1.25 bits per heavy atom. The molecule has 6 heteroatoms. The van der Waals surface area contributed by atoms with Crippen molar-refractivity contribution in [3.8, 4) is 0 Å². The molecule has 1 atom stereocenters. The molecule has 0 heterocycles. The van der Waals surface area contributed by atoms with Gasteiger partial charge in [-0.05, 0) is 12.1 Å². The lowest BCUT2D eigenvalue weighted by molar-refractivity contribution is -0.206. The summed E-state index contributed by atoms with van der Waals surface area (Å²) in [4.78, 5) is 1.31. The van der Waals surface area contributed by atoms with Crippen molar-refractivity contribution >= 4 is 5.69 Å². The van der Waals surface area contributed by atoms with E-state index in [9.17, 15) is 17.6 Å². The van der Waals surface area contributed by atoms with Gasteiger partial charge in [0.15, 0.2) is 6.10 Å². The molecule has 0 radical (unpaired) electrons. The summed E-state index contributed by atoms with van der Waals surface area (Å²) in [5, 5.41) is 9.10. The third-order valence-electron chi connectivity index (χ3n) is 2.08. The first-order valence-electron chi connectivity index (χ1n) is 4.45. The average Bonchev–Trinajstić information content (AvgIpc) is 2.15. The van der Waals surface area contributed by atoms with Gasteiger partial charge in [-0.3, -0.25) is 0 Å². The van der Waals surface area contributed by atoms with Gasteiger partial charge in [-0.1, -0.05) is 6.07 Å². The van der Waals surface area contributed by atoms with E-state index >= 15 is 0 Å². The molecule has 0 spiro atoms. The number of aliphatic hydroxyl groups excluding tert-OH is 1. The second-order valence-corrected chi connectivity index (χ2v) is 3.54. The van der Waals surface area contributed by atoms with E-state index in [-0.39, 0.29) is 11.3 Å². The third kappa shape index (κ3) is 2.63. The molecule has 0 amide bonds. The highest BCUT2D eigenvalue weighted by Crippen LogP contribution is 2.37. The lowest BCUT2D eigenvalue weighted by atomic mass is 10.1. The standard InChI is InChI=1S/C10H11F4NO/c1-15(2)8-5-6(11)3-4-7(8)9(16)10(12,13)14/h3-5,9,16H,1-2H3/t9-/m0/s1. The van der Waals surface area contributed by atoms with Crippen LogP contribution >= 0.6 is 0 Å². The first kappa shape index (κ1) is 12.8. The Bertz CT molecular complexity index is 376. The van der Waals surface area contributed by atoms with E-state index in [1.54, 1.807) is 0 Å². The van der Waals surface area contributed by atoms with Crippen LogP contribution in [0.3, 0.4) is 0 Å². The fourth-order valence-electron chi connectivity index (χ4n) is 1.31. The number of anilines is 1. The lowest BCUT2D eigenvalue weighted by Crippen LogP contribution is -2.23. The van der Waals surface area contributed by atoms with E-state index in [0.29, 0.717) is 0 Å². The molecule has 16 heavy (non-hydrogen) atoms. The van der Waals surface area contributed by atoms with Crippen LogP contribution < -0.4 is 4.90 Å². The Morgan fingerprint density at radius 3 is 2.25 bits per heavy atom. The Morgan fingerprint density at radius 2 is 1.81 bits per heavy atom. The molecule has 0 aliphatic heterocycles. The first-order chi connectivity index (χ1) is 7.23. The summed E-state index contributed by atoms with van der Waals surface area (Å²) in [6, 6.07) is 2.77. The molecular weight excluding hydrogens is 226 g/mol. The Kier molecular flexibility index (Phi) is 3.42. The van der Waals surface area contributed by atoms with Crippen LogP contribution in [0.2, 0.25) is 0 Å². The Hall–Kier alpha value is -1.30. The molecule has 0 bridgehead atoms. The third-order valence-corrected chi connectivity index (χ3v) is 2.08. The van der Waals surface area contributed by atoms with Crippen molar-refractivity contribution in [2.45, 2.75) is 12.3 Å². The molecule has 0 saturated carbocycles. The molecule has 0 fully saturated rings. The van der Waals surface area contributed by atoms with E-state index in [0.717, 1.165) is 18.2 Å². The summed E-state index contributed by atoms with van der Waals surface area (Å²) >= 11 is 0. The SMILES string of the molecule is CN(C)c1cc(F)ccc1[C@H](O)C(F)(F)F. The summed E-state index contributed by atoms with van der Waals surface area (Å²) in [5.74, 6) is -0.651. The lowest BCUT2D eigenvalue weighted by Gasteiger charge is -2.22. The zero-order valence-corrected chi connectivity index (χ0v) is 8.72. The fraction of sp³-hybridized carbons (Fsp3) is 0.400. The number of benzene rings is 1. The molecule has 0 aliphatic rings. The van der Waals surface area contributed by atoms with Crippen LogP contribution in [-0.4, -0.2) is 25.4 Å². The molecule has 2 nitrogen and oxygen atoms in total. The molecule has 0 unspecified atom stereocenters. The van der Waals surface area contributed by atoms with Gasteiger partial charge in [-0.15, -0.1) is 0 Å². The van der Waals surface area contributed by atoms with Crippen LogP contribution in [-0.2, 0) is 0 Å². The largest absolute Gasteiger partial charge is 0.418 e. The minimum atomic E-state index is -4.76. The van der Waals surface area contributed by atoms with Crippen LogP contribution in [0.25, 0.3) is 0 Å². The molecule has 0 aliphatic carbocycles. The van der Waals surface area contributed by atoms with Crippen LogP contribution in [0.4, 0.5) is 23.2 Å². The number of hydrogen-bond acceptors (Lipinski definition) is 2. The van der Waals surface area contributed by atoms with Crippen molar-refractivity contribution in [1.82, 2.24) is 0 Å². The van der Waals surface area contributed by atoms with Crippen LogP contribution in [0, 0.1) is 5.82 Å². The molecule has 0 aromatic heterocycles. The van der Waals surface area contributed by atoms with Gasteiger partial charge in [0.25, 0.3) is 0 Å². The van der Waals surface area contributed by atoms with Crippen LogP contribution in [0.15, 0.2) is 18.2 Å². The Labute approximate surface area is 90.1 Å². The normalized spacial score (nSPS) is 13.7. The average molecular weight is 237 g/mol. The smallest absolute Gasteiger partial charge is 0.379 e. The highest BCUT2D eigenvalue weighted by molar-refractivity contribution is 5.54. The minimum absolute atomic E-state index is 0.00447. The molecule has 1 aromatic rings.